The number of fused-ring (bicyclic) bond motifs is 1. The van der Waals surface area contributed by atoms with Crippen molar-refractivity contribution in [2.24, 2.45) is 0 Å². The molecular formula is C15H11BrFNO. The predicted molar refractivity (Wildman–Crippen MR) is 75.8 cm³/mol. The largest absolute Gasteiger partial charge is 0.304 e. The minimum atomic E-state index is -0.306. The maximum atomic E-state index is 13.2. The molecule has 1 heterocycles. The normalized spacial score (nSPS) is 13.8. The van der Waals surface area contributed by atoms with Crippen LogP contribution in [0.3, 0.4) is 0 Å². The zero-order chi connectivity index (χ0) is 13.6. The molecule has 4 heteroatoms. The summed E-state index contributed by atoms with van der Waals surface area (Å²) in [4.78, 5) is 14.0. The first-order valence-electron chi connectivity index (χ1n) is 5.93. The molecule has 2 aromatic carbocycles. The molecule has 0 aromatic heterocycles. The van der Waals surface area contributed by atoms with Crippen LogP contribution in [0, 0.1) is 12.7 Å². The predicted octanol–water partition coefficient (Wildman–Crippen LogP) is 4.06. The molecule has 0 saturated heterocycles. The fraction of sp³-hybridized carbons (Fsp3) is 0.133. The van der Waals surface area contributed by atoms with Gasteiger partial charge in [0.25, 0.3) is 5.91 Å². The molecule has 0 N–H and O–H groups in total. The molecule has 0 aliphatic carbocycles. The molecule has 0 bridgehead atoms. The van der Waals surface area contributed by atoms with Crippen molar-refractivity contribution in [3.05, 3.63) is 63.4 Å². The van der Waals surface area contributed by atoms with Gasteiger partial charge in [0.1, 0.15) is 5.82 Å². The van der Waals surface area contributed by atoms with E-state index in [4.69, 9.17) is 0 Å². The van der Waals surface area contributed by atoms with E-state index in [-0.39, 0.29) is 11.7 Å². The van der Waals surface area contributed by atoms with Gasteiger partial charge >= 0.3 is 0 Å². The third-order valence-corrected chi connectivity index (χ3v) is 4.26. The Kier molecular flexibility index (Phi) is 2.90. The van der Waals surface area contributed by atoms with Crippen LogP contribution in [0.5, 0.6) is 0 Å². The monoisotopic (exact) mass is 319 g/mol. The van der Waals surface area contributed by atoms with Gasteiger partial charge in [-0.05, 0) is 48.4 Å². The Balaban J connectivity index is 2.06. The van der Waals surface area contributed by atoms with Crippen LogP contribution in [-0.2, 0) is 6.54 Å². The van der Waals surface area contributed by atoms with Gasteiger partial charge in [-0.25, -0.2) is 4.39 Å². The molecule has 1 aliphatic rings. The highest BCUT2D eigenvalue weighted by Crippen LogP contribution is 2.33. The molecular weight excluding hydrogens is 309 g/mol. The maximum Gasteiger partial charge on any atom is 0.258 e. The molecule has 0 unspecified atom stereocenters. The van der Waals surface area contributed by atoms with Crippen molar-refractivity contribution in [1.29, 1.82) is 0 Å². The van der Waals surface area contributed by atoms with E-state index in [0.29, 0.717) is 12.1 Å². The number of hydrogen-bond acceptors (Lipinski definition) is 1. The Labute approximate surface area is 119 Å². The van der Waals surface area contributed by atoms with Crippen LogP contribution in [0.25, 0.3) is 0 Å². The van der Waals surface area contributed by atoms with Gasteiger partial charge in [0.05, 0.1) is 6.54 Å². The van der Waals surface area contributed by atoms with Gasteiger partial charge in [0, 0.05) is 15.7 Å². The lowest BCUT2D eigenvalue weighted by Gasteiger charge is -2.19. The van der Waals surface area contributed by atoms with Crippen molar-refractivity contribution in [3.63, 3.8) is 0 Å². The molecule has 0 spiro atoms. The van der Waals surface area contributed by atoms with Crippen molar-refractivity contribution in [3.8, 4) is 0 Å². The van der Waals surface area contributed by atoms with E-state index >= 15 is 0 Å². The lowest BCUT2D eigenvalue weighted by Crippen LogP contribution is -2.23. The summed E-state index contributed by atoms with van der Waals surface area (Å²) >= 11 is 3.46. The van der Waals surface area contributed by atoms with Crippen molar-refractivity contribution < 1.29 is 9.18 Å². The van der Waals surface area contributed by atoms with Crippen molar-refractivity contribution in [2.45, 2.75) is 13.5 Å². The van der Waals surface area contributed by atoms with E-state index in [2.05, 4.69) is 15.9 Å². The highest BCUT2D eigenvalue weighted by molar-refractivity contribution is 9.10. The lowest BCUT2D eigenvalue weighted by atomic mass is 10.1. The summed E-state index contributed by atoms with van der Waals surface area (Å²) in [5, 5.41) is 0. The van der Waals surface area contributed by atoms with Crippen molar-refractivity contribution >= 4 is 27.5 Å². The quantitative estimate of drug-likeness (QED) is 0.776. The van der Waals surface area contributed by atoms with Crippen LogP contribution >= 0.6 is 15.9 Å². The molecule has 96 valence electrons. The van der Waals surface area contributed by atoms with Gasteiger partial charge in [-0.15, -0.1) is 0 Å². The average Bonchev–Trinajstić information content (AvgIpc) is 2.69. The topological polar surface area (TPSA) is 20.3 Å². The fourth-order valence-electron chi connectivity index (χ4n) is 2.37. The van der Waals surface area contributed by atoms with E-state index in [1.165, 1.54) is 12.1 Å². The summed E-state index contributed by atoms with van der Waals surface area (Å²) in [7, 11) is 0. The van der Waals surface area contributed by atoms with Gasteiger partial charge in [-0.3, -0.25) is 4.79 Å². The third-order valence-electron chi connectivity index (χ3n) is 3.40. The van der Waals surface area contributed by atoms with E-state index < -0.39 is 0 Å². The average molecular weight is 320 g/mol. The van der Waals surface area contributed by atoms with Gasteiger partial charge in [0.2, 0.25) is 0 Å². The first-order valence-corrected chi connectivity index (χ1v) is 6.72. The molecule has 1 amide bonds. The lowest BCUT2D eigenvalue weighted by molar-refractivity contribution is 0.0996. The summed E-state index contributed by atoms with van der Waals surface area (Å²) < 4.78 is 14.2. The van der Waals surface area contributed by atoms with E-state index in [1.807, 2.05) is 25.1 Å². The highest BCUT2D eigenvalue weighted by Gasteiger charge is 2.29. The zero-order valence-corrected chi connectivity index (χ0v) is 11.9. The minimum Gasteiger partial charge on any atom is -0.304 e. The Bertz CT molecular complexity index is 684. The Morgan fingerprint density at radius 1 is 1.26 bits per heavy atom. The highest BCUT2D eigenvalue weighted by atomic mass is 79.9. The summed E-state index contributed by atoms with van der Waals surface area (Å²) in [6.07, 6.45) is 0. The van der Waals surface area contributed by atoms with E-state index in [0.717, 1.165) is 21.3 Å². The minimum absolute atomic E-state index is 0.0730. The molecule has 1 aliphatic heterocycles. The second-order valence-electron chi connectivity index (χ2n) is 4.58. The number of anilines is 1. The SMILES string of the molecule is Cc1c(Br)cccc1N1Cc2cc(F)ccc2C1=O. The molecule has 0 fully saturated rings. The first-order chi connectivity index (χ1) is 9.08. The smallest absolute Gasteiger partial charge is 0.258 e. The standard InChI is InChI=1S/C15H11BrFNO/c1-9-13(16)3-2-4-14(9)18-8-10-7-11(17)5-6-12(10)15(18)19/h2-7H,8H2,1H3. The van der Waals surface area contributed by atoms with Crippen LogP contribution in [0.1, 0.15) is 21.5 Å². The number of rotatable bonds is 1. The number of carbonyl (C=O) groups is 1. The van der Waals surface area contributed by atoms with Crippen molar-refractivity contribution in [1.82, 2.24) is 0 Å². The second-order valence-corrected chi connectivity index (χ2v) is 5.43. The van der Waals surface area contributed by atoms with Gasteiger partial charge in [-0.1, -0.05) is 22.0 Å². The Morgan fingerprint density at radius 2 is 2.05 bits per heavy atom. The fourth-order valence-corrected chi connectivity index (χ4v) is 2.73. The van der Waals surface area contributed by atoms with Gasteiger partial charge < -0.3 is 4.90 Å². The molecule has 3 rings (SSSR count). The Morgan fingerprint density at radius 3 is 2.84 bits per heavy atom. The van der Waals surface area contributed by atoms with E-state index in [1.54, 1.807) is 11.0 Å². The summed E-state index contributed by atoms with van der Waals surface area (Å²) in [6.45, 7) is 2.37. The first kappa shape index (κ1) is 12.4. The number of nitrogens with zero attached hydrogens (tertiary/aromatic N) is 1. The maximum absolute atomic E-state index is 13.2. The summed E-state index contributed by atoms with van der Waals surface area (Å²) in [5.74, 6) is -0.379. The van der Waals surface area contributed by atoms with Crippen LogP contribution < -0.4 is 4.90 Å². The number of amides is 1. The summed E-state index contributed by atoms with van der Waals surface area (Å²) in [5.41, 5.74) is 3.19. The van der Waals surface area contributed by atoms with Gasteiger partial charge in [-0.2, -0.15) is 0 Å². The molecule has 0 atom stereocenters. The number of hydrogen-bond donors (Lipinski definition) is 0. The van der Waals surface area contributed by atoms with Crippen LogP contribution in [0.15, 0.2) is 40.9 Å². The molecule has 2 aromatic rings. The second kappa shape index (κ2) is 4.46. The zero-order valence-electron chi connectivity index (χ0n) is 10.3. The van der Waals surface area contributed by atoms with E-state index in [9.17, 15) is 9.18 Å². The van der Waals surface area contributed by atoms with Crippen LogP contribution in [0.4, 0.5) is 10.1 Å². The van der Waals surface area contributed by atoms with Crippen molar-refractivity contribution in [2.75, 3.05) is 4.90 Å². The van der Waals surface area contributed by atoms with Crippen LogP contribution in [-0.4, -0.2) is 5.91 Å². The van der Waals surface area contributed by atoms with Crippen LogP contribution in [0.2, 0.25) is 0 Å². The third kappa shape index (κ3) is 1.96. The molecule has 0 radical (unpaired) electrons. The number of carbonyl (C=O) groups excluding carboxylic acids is 1. The Hall–Kier alpha value is -1.68. The number of halogens is 2. The summed E-state index contributed by atoms with van der Waals surface area (Å²) in [6, 6.07) is 10.0. The number of benzene rings is 2. The van der Waals surface area contributed by atoms with Gasteiger partial charge in [0.15, 0.2) is 0 Å². The molecule has 19 heavy (non-hydrogen) atoms. The molecule has 2 nitrogen and oxygen atoms in total. The molecule has 0 saturated carbocycles.